The van der Waals surface area contributed by atoms with E-state index in [1.54, 1.807) is 0 Å². The first-order valence-electron chi connectivity index (χ1n) is 4.61. The lowest BCUT2D eigenvalue weighted by Gasteiger charge is -1.95. The van der Waals surface area contributed by atoms with Gasteiger partial charge in [-0.15, -0.1) is 0 Å². The maximum Gasteiger partial charge on any atom is 0.134 e. The van der Waals surface area contributed by atoms with E-state index < -0.39 is 0 Å². The number of aromatic amines is 1. The summed E-state index contributed by atoms with van der Waals surface area (Å²) in [7, 11) is 0. The third-order valence-electron chi connectivity index (χ3n) is 2.09. The van der Waals surface area contributed by atoms with Gasteiger partial charge in [0.1, 0.15) is 16.7 Å². The van der Waals surface area contributed by atoms with Gasteiger partial charge in [0, 0.05) is 12.0 Å². The first kappa shape index (κ1) is 9.28. The third-order valence-corrected chi connectivity index (χ3v) is 2.36. The quantitative estimate of drug-likeness (QED) is 0.803. The summed E-state index contributed by atoms with van der Waals surface area (Å²) in [5.41, 5.74) is 1.89. The van der Waals surface area contributed by atoms with Crippen LogP contribution in [0.1, 0.15) is 12.7 Å². The number of imidazole rings is 1. The van der Waals surface area contributed by atoms with Crippen LogP contribution in [-0.2, 0) is 6.42 Å². The van der Waals surface area contributed by atoms with Crippen molar-refractivity contribution in [3.05, 3.63) is 41.3 Å². The molecule has 2 aromatic rings. The van der Waals surface area contributed by atoms with Crippen LogP contribution in [-0.4, -0.2) is 9.97 Å². The van der Waals surface area contributed by atoms with Gasteiger partial charge < -0.3 is 4.98 Å². The zero-order valence-electron chi connectivity index (χ0n) is 7.92. The van der Waals surface area contributed by atoms with Crippen molar-refractivity contribution in [3.8, 4) is 11.3 Å². The molecule has 0 fully saturated rings. The molecule has 1 aromatic carbocycles. The van der Waals surface area contributed by atoms with Gasteiger partial charge in [0.25, 0.3) is 0 Å². The van der Waals surface area contributed by atoms with Crippen LogP contribution in [0.25, 0.3) is 11.3 Å². The van der Waals surface area contributed by atoms with Crippen molar-refractivity contribution in [3.63, 3.8) is 0 Å². The fourth-order valence-corrected chi connectivity index (χ4v) is 1.61. The summed E-state index contributed by atoms with van der Waals surface area (Å²) in [6.45, 7) is 2.05. The first-order valence-corrected chi connectivity index (χ1v) is 4.99. The van der Waals surface area contributed by atoms with Gasteiger partial charge in [0.2, 0.25) is 0 Å². The van der Waals surface area contributed by atoms with Crippen LogP contribution >= 0.6 is 11.6 Å². The maximum atomic E-state index is 6.04. The van der Waals surface area contributed by atoms with Crippen LogP contribution in [0, 0.1) is 0 Å². The number of hydrogen-bond donors (Lipinski definition) is 1. The minimum atomic E-state index is 0.619. The number of halogens is 1. The minimum absolute atomic E-state index is 0.619. The zero-order valence-corrected chi connectivity index (χ0v) is 8.67. The van der Waals surface area contributed by atoms with Crippen LogP contribution < -0.4 is 0 Å². The van der Waals surface area contributed by atoms with Crippen molar-refractivity contribution >= 4 is 11.6 Å². The van der Waals surface area contributed by atoms with Crippen LogP contribution in [0.2, 0.25) is 5.15 Å². The van der Waals surface area contributed by atoms with Crippen molar-refractivity contribution in [2.75, 3.05) is 0 Å². The highest BCUT2D eigenvalue weighted by molar-refractivity contribution is 6.31. The Kier molecular flexibility index (Phi) is 2.55. The molecular weight excluding hydrogens is 196 g/mol. The molecule has 1 N–H and O–H groups in total. The Morgan fingerprint density at radius 3 is 2.57 bits per heavy atom. The van der Waals surface area contributed by atoms with E-state index in [1.165, 1.54) is 0 Å². The van der Waals surface area contributed by atoms with Gasteiger partial charge in [-0.1, -0.05) is 48.9 Å². The lowest BCUT2D eigenvalue weighted by molar-refractivity contribution is 0.991. The summed E-state index contributed by atoms with van der Waals surface area (Å²) in [5.74, 6) is 0.925. The standard InChI is InChI=1S/C11H11ClN2/c1-2-9-13-10(11(12)14-9)8-6-4-3-5-7-8/h3-7H,2H2,1H3,(H,13,14). The van der Waals surface area contributed by atoms with E-state index in [0.717, 1.165) is 23.5 Å². The normalized spacial score (nSPS) is 10.4. The van der Waals surface area contributed by atoms with E-state index >= 15 is 0 Å². The van der Waals surface area contributed by atoms with Crippen molar-refractivity contribution in [1.82, 2.24) is 9.97 Å². The Hall–Kier alpha value is -1.28. The second-order valence-electron chi connectivity index (χ2n) is 3.07. The fourth-order valence-electron chi connectivity index (χ4n) is 1.35. The number of aromatic nitrogens is 2. The maximum absolute atomic E-state index is 6.04. The Bertz CT molecular complexity index is 420. The molecule has 0 unspecified atom stereocenters. The molecule has 2 rings (SSSR count). The molecular formula is C11H11ClN2. The highest BCUT2D eigenvalue weighted by Gasteiger charge is 2.08. The van der Waals surface area contributed by atoms with E-state index in [2.05, 4.69) is 9.97 Å². The van der Waals surface area contributed by atoms with Crippen LogP contribution in [0.3, 0.4) is 0 Å². The summed E-state index contributed by atoms with van der Waals surface area (Å²) in [5, 5.41) is 0.619. The zero-order chi connectivity index (χ0) is 9.97. The second-order valence-corrected chi connectivity index (χ2v) is 3.44. The largest absolute Gasteiger partial charge is 0.333 e. The van der Waals surface area contributed by atoms with Crippen LogP contribution in [0.5, 0.6) is 0 Å². The molecule has 14 heavy (non-hydrogen) atoms. The Morgan fingerprint density at radius 2 is 2.00 bits per heavy atom. The lowest BCUT2D eigenvalue weighted by Crippen LogP contribution is -1.81. The Morgan fingerprint density at radius 1 is 1.29 bits per heavy atom. The molecule has 1 aromatic heterocycles. The molecule has 0 spiro atoms. The highest BCUT2D eigenvalue weighted by Crippen LogP contribution is 2.24. The van der Waals surface area contributed by atoms with Gasteiger partial charge >= 0.3 is 0 Å². The topological polar surface area (TPSA) is 28.7 Å². The van der Waals surface area contributed by atoms with Crippen LogP contribution in [0.4, 0.5) is 0 Å². The number of hydrogen-bond acceptors (Lipinski definition) is 1. The van der Waals surface area contributed by atoms with E-state index in [0.29, 0.717) is 5.15 Å². The Labute approximate surface area is 88.0 Å². The van der Waals surface area contributed by atoms with Crippen molar-refractivity contribution in [2.24, 2.45) is 0 Å². The average Bonchev–Trinajstić information content (AvgIpc) is 2.61. The molecule has 0 atom stereocenters. The molecule has 72 valence electrons. The summed E-state index contributed by atoms with van der Waals surface area (Å²) in [6.07, 6.45) is 0.868. The number of rotatable bonds is 2. The van der Waals surface area contributed by atoms with E-state index in [9.17, 15) is 0 Å². The van der Waals surface area contributed by atoms with Crippen LogP contribution in [0.15, 0.2) is 30.3 Å². The lowest BCUT2D eigenvalue weighted by atomic mass is 10.2. The van der Waals surface area contributed by atoms with Crippen molar-refractivity contribution in [2.45, 2.75) is 13.3 Å². The third kappa shape index (κ3) is 1.66. The molecule has 3 heteroatoms. The number of benzene rings is 1. The average molecular weight is 207 g/mol. The number of aryl methyl sites for hydroxylation is 1. The SMILES string of the molecule is CCc1nc(-c2ccccc2)c(Cl)[nH]1. The highest BCUT2D eigenvalue weighted by atomic mass is 35.5. The second kappa shape index (κ2) is 3.84. The molecule has 0 saturated carbocycles. The van der Waals surface area contributed by atoms with Gasteiger partial charge in [-0.2, -0.15) is 0 Å². The molecule has 0 aliphatic carbocycles. The van der Waals surface area contributed by atoms with E-state index in [-0.39, 0.29) is 0 Å². The Balaban J connectivity index is 2.46. The summed E-state index contributed by atoms with van der Waals surface area (Å²) >= 11 is 6.04. The predicted octanol–water partition coefficient (Wildman–Crippen LogP) is 3.29. The molecule has 0 amide bonds. The monoisotopic (exact) mass is 206 g/mol. The summed E-state index contributed by atoms with van der Waals surface area (Å²) in [6, 6.07) is 9.94. The first-order chi connectivity index (χ1) is 6.81. The summed E-state index contributed by atoms with van der Waals surface area (Å²) in [4.78, 5) is 7.46. The fraction of sp³-hybridized carbons (Fsp3) is 0.182. The van der Waals surface area contributed by atoms with Gasteiger partial charge in [0.05, 0.1) is 0 Å². The summed E-state index contributed by atoms with van der Waals surface area (Å²) < 4.78 is 0. The molecule has 1 heterocycles. The number of nitrogens with zero attached hydrogens (tertiary/aromatic N) is 1. The smallest absolute Gasteiger partial charge is 0.134 e. The van der Waals surface area contributed by atoms with Crippen molar-refractivity contribution < 1.29 is 0 Å². The van der Waals surface area contributed by atoms with Gasteiger partial charge in [-0.3, -0.25) is 0 Å². The predicted molar refractivity (Wildman–Crippen MR) is 58.4 cm³/mol. The minimum Gasteiger partial charge on any atom is -0.333 e. The van der Waals surface area contributed by atoms with Gasteiger partial charge in [0.15, 0.2) is 0 Å². The molecule has 0 saturated heterocycles. The van der Waals surface area contributed by atoms with Gasteiger partial charge in [-0.05, 0) is 0 Å². The molecule has 0 aliphatic rings. The van der Waals surface area contributed by atoms with E-state index in [4.69, 9.17) is 11.6 Å². The number of nitrogens with one attached hydrogen (secondary N) is 1. The molecule has 2 nitrogen and oxygen atoms in total. The van der Waals surface area contributed by atoms with Crippen molar-refractivity contribution in [1.29, 1.82) is 0 Å². The number of H-pyrrole nitrogens is 1. The molecule has 0 bridgehead atoms. The van der Waals surface area contributed by atoms with Gasteiger partial charge in [-0.25, -0.2) is 4.98 Å². The molecule has 0 radical (unpaired) electrons. The van der Waals surface area contributed by atoms with E-state index in [1.807, 2.05) is 37.3 Å². The molecule has 0 aliphatic heterocycles.